The summed E-state index contributed by atoms with van der Waals surface area (Å²) in [5, 5.41) is 15.4. The average molecular weight is 553 g/mol. The van der Waals surface area contributed by atoms with Gasteiger partial charge in [0.25, 0.3) is 15.1 Å². The van der Waals surface area contributed by atoms with Crippen LogP contribution in [0.25, 0.3) is 16.3 Å². The molecule has 0 atom stereocenters. The van der Waals surface area contributed by atoms with Gasteiger partial charge in [0, 0.05) is 47.8 Å². The first-order valence-corrected chi connectivity index (χ1v) is 15.0. The summed E-state index contributed by atoms with van der Waals surface area (Å²) < 4.78 is 39.2. The van der Waals surface area contributed by atoms with Gasteiger partial charge in [-0.05, 0) is 30.7 Å². The van der Waals surface area contributed by atoms with Crippen molar-refractivity contribution < 1.29 is 32.2 Å². The number of hydrogen-bond acceptors (Lipinski definition) is 9. The Morgan fingerprint density at radius 3 is 2.77 bits per heavy atom. The van der Waals surface area contributed by atoms with Gasteiger partial charge in [0.15, 0.2) is 6.54 Å². The molecular formula is C23H24N2O6S4. The minimum atomic E-state index is -3.99. The summed E-state index contributed by atoms with van der Waals surface area (Å²) in [6.45, 7) is 1.25. The van der Waals surface area contributed by atoms with Gasteiger partial charge in [0.2, 0.25) is 5.52 Å². The summed E-state index contributed by atoms with van der Waals surface area (Å²) in [5.41, 5.74) is 2.18. The summed E-state index contributed by atoms with van der Waals surface area (Å²) in [7, 11) is -3.99. The zero-order valence-electron chi connectivity index (χ0n) is 18.6. The third kappa shape index (κ3) is 7.08. The van der Waals surface area contributed by atoms with E-state index in [1.54, 1.807) is 23.1 Å². The third-order valence-electron chi connectivity index (χ3n) is 5.22. The Balaban J connectivity index is 1.53. The Hall–Kier alpha value is -1.90. The van der Waals surface area contributed by atoms with E-state index in [1.165, 1.54) is 4.70 Å². The molecule has 4 rings (SSSR count). The monoisotopic (exact) mass is 552 g/mol. The Labute approximate surface area is 216 Å². The first kappa shape index (κ1) is 26.2. The number of benzene rings is 2. The van der Waals surface area contributed by atoms with E-state index in [1.807, 2.05) is 48.6 Å². The second kappa shape index (κ2) is 12.4. The van der Waals surface area contributed by atoms with E-state index < -0.39 is 10.1 Å². The van der Waals surface area contributed by atoms with Crippen LogP contribution in [0.1, 0.15) is 17.8 Å². The Morgan fingerprint density at radius 1 is 1.14 bits per heavy atom. The molecule has 35 heavy (non-hydrogen) atoms. The number of fused-ring (bicyclic) bond motifs is 2. The zero-order chi connectivity index (χ0) is 24.7. The summed E-state index contributed by atoms with van der Waals surface area (Å²) in [6.07, 6.45) is 7.23. The number of allylic oxidation sites excluding steroid dienone is 2. The SMILES string of the molecule is O=S(=O)(O)CCCN1/C(=C\C=C\c2sc3ccccc3[n+]2CCCSOO[O-])Sc2ccccc21. The molecule has 1 aliphatic heterocycles. The number of rotatable bonds is 12. The fraction of sp³-hybridized carbons (Fsp3) is 0.261. The van der Waals surface area contributed by atoms with E-state index in [0.717, 1.165) is 51.1 Å². The molecule has 1 aliphatic rings. The van der Waals surface area contributed by atoms with Crippen molar-refractivity contribution in [2.75, 3.05) is 23.0 Å². The van der Waals surface area contributed by atoms with Crippen molar-refractivity contribution in [1.82, 2.24) is 0 Å². The van der Waals surface area contributed by atoms with Crippen LogP contribution in [0.3, 0.4) is 0 Å². The minimum Gasteiger partial charge on any atom is -0.691 e. The fourth-order valence-electron chi connectivity index (χ4n) is 3.77. The number of aromatic nitrogens is 1. The van der Waals surface area contributed by atoms with Gasteiger partial charge in [-0.25, -0.2) is 0 Å². The molecule has 8 nitrogen and oxygen atoms in total. The van der Waals surface area contributed by atoms with Crippen LogP contribution in [0, 0.1) is 0 Å². The van der Waals surface area contributed by atoms with Gasteiger partial charge in [-0.3, -0.25) is 9.59 Å². The van der Waals surface area contributed by atoms with Crippen LogP contribution in [0.5, 0.6) is 0 Å². The van der Waals surface area contributed by atoms with Crippen molar-refractivity contribution in [3.05, 3.63) is 70.7 Å². The van der Waals surface area contributed by atoms with Crippen molar-refractivity contribution in [3.63, 3.8) is 0 Å². The minimum absolute atomic E-state index is 0.272. The summed E-state index contributed by atoms with van der Waals surface area (Å²) in [5.74, 6) is 0.353. The molecular weight excluding hydrogens is 529 g/mol. The van der Waals surface area contributed by atoms with Crippen molar-refractivity contribution in [2.45, 2.75) is 24.3 Å². The van der Waals surface area contributed by atoms with Crippen molar-refractivity contribution in [2.24, 2.45) is 0 Å². The lowest BCUT2D eigenvalue weighted by Crippen LogP contribution is -2.35. The first-order valence-electron chi connectivity index (χ1n) is 10.8. The van der Waals surface area contributed by atoms with Gasteiger partial charge < -0.3 is 10.2 Å². The van der Waals surface area contributed by atoms with Crippen LogP contribution in [0.4, 0.5) is 5.69 Å². The highest BCUT2D eigenvalue weighted by Gasteiger charge is 2.24. The summed E-state index contributed by atoms with van der Waals surface area (Å²) in [4.78, 5) is 3.20. The van der Waals surface area contributed by atoms with E-state index in [2.05, 4.69) is 37.0 Å². The van der Waals surface area contributed by atoms with E-state index in [0.29, 0.717) is 18.7 Å². The van der Waals surface area contributed by atoms with Crippen LogP contribution >= 0.6 is 35.1 Å². The van der Waals surface area contributed by atoms with Gasteiger partial charge in [0.05, 0.1) is 16.5 Å². The number of para-hydroxylation sites is 2. The maximum absolute atomic E-state index is 11.2. The highest BCUT2D eigenvalue weighted by Crippen LogP contribution is 2.45. The number of thioether (sulfide) groups is 1. The molecule has 0 amide bonds. The Kier molecular flexibility index (Phi) is 9.25. The van der Waals surface area contributed by atoms with Gasteiger partial charge in [-0.1, -0.05) is 53.4 Å². The molecule has 0 saturated carbocycles. The molecule has 0 bridgehead atoms. The molecule has 0 aliphatic carbocycles. The van der Waals surface area contributed by atoms with Gasteiger partial charge >= 0.3 is 0 Å². The molecule has 12 heteroatoms. The number of anilines is 1. The number of aryl methyl sites for hydroxylation is 1. The lowest BCUT2D eigenvalue weighted by Gasteiger charge is -2.19. The zero-order valence-corrected chi connectivity index (χ0v) is 21.9. The molecule has 2 aromatic carbocycles. The highest BCUT2D eigenvalue weighted by molar-refractivity contribution is 8.03. The molecule has 1 N–H and O–H groups in total. The van der Waals surface area contributed by atoms with Gasteiger partial charge in [-0.2, -0.15) is 17.3 Å². The normalized spacial score (nSPS) is 15.0. The predicted molar refractivity (Wildman–Crippen MR) is 139 cm³/mol. The number of nitrogens with zero attached hydrogens (tertiary/aromatic N) is 2. The molecule has 2 heterocycles. The van der Waals surface area contributed by atoms with Gasteiger partial charge in [-0.15, -0.1) is 0 Å². The van der Waals surface area contributed by atoms with E-state index in [9.17, 15) is 13.7 Å². The molecule has 186 valence electrons. The standard InChI is InChI=1S/C23H24N2O6S4/c26-30-31-32-16-6-14-24-18-8-1-3-10-20(18)33-22(24)12-5-13-23-25(15-7-17-35(27,28)29)19-9-2-4-11-21(19)34-23/h1-5,8-13H,6-7,14-17H2,(H-,26,27,28,29). The first-order chi connectivity index (χ1) is 17.0. The van der Waals surface area contributed by atoms with Crippen LogP contribution < -0.4 is 14.7 Å². The van der Waals surface area contributed by atoms with Crippen LogP contribution in [-0.2, 0) is 26.0 Å². The molecule has 3 aromatic rings. The molecule has 0 radical (unpaired) electrons. The molecule has 1 aromatic heterocycles. The van der Waals surface area contributed by atoms with Gasteiger partial charge in [0.1, 0.15) is 4.70 Å². The van der Waals surface area contributed by atoms with Crippen LogP contribution in [0.15, 0.2) is 70.6 Å². The Bertz CT molecular complexity index is 1320. The molecule has 0 unspecified atom stereocenters. The quantitative estimate of drug-likeness (QED) is 0.0884. The largest absolute Gasteiger partial charge is 0.691 e. The van der Waals surface area contributed by atoms with Crippen LogP contribution in [-0.4, -0.2) is 31.0 Å². The predicted octanol–water partition coefficient (Wildman–Crippen LogP) is 4.20. The number of thiazole rings is 1. The lowest BCUT2D eigenvalue weighted by molar-refractivity contribution is -0.777. The van der Waals surface area contributed by atoms with Crippen LogP contribution in [0.2, 0.25) is 0 Å². The third-order valence-corrected chi connectivity index (χ3v) is 8.89. The van der Waals surface area contributed by atoms with Crippen molar-refractivity contribution >= 4 is 67.2 Å². The van der Waals surface area contributed by atoms with E-state index in [4.69, 9.17) is 4.55 Å². The topological polar surface area (TPSA) is 103 Å². The molecule has 0 saturated heterocycles. The second-order valence-electron chi connectivity index (χ2n) is 7.60. The lowest BCUT2D eigenvalue weighted by atomic mass is 10.3. The summed E-state index contributed by atoms with van der Waals surface area (Å²) >= 11 is 4.32. The highest BCUT2D eigenvalue weighted by atomic mass is 32.2. The fourth-order valence-corrected chi connectivity index (χ4v) is 6.82. The van der Waals surface area contributed by atoms with E-state index >= 15 is 0 Å². The number of hydrogen-bond donors (Lipinski definition) is 1. The smallest absolute Gasteiger partial charge is 0.264 e. The Morgan fingerprint density at radius 2 is 1.94 bits per heavy atom. The van der Waals surface area contributed by atoms with E-state index in [-0.39, 0.29) is 5.75 Å². The second-order valence-corrected chi connectivity index (χ2v) is 12.1. The maximum Gasteiger partial charge on any atom is 0.264 e. The maximum atomic E-state index is 11.2. The summed E-state index contributed by atoms with van der Waals surface area (Å²) in [6, 6.07) is 16.2. The van der Waals surface area contributed by atoms with Crippen molar-refractivity contribution in [1.29, 1.82) is 0 Å². The molecule has 0 fully saturated rings. The molecule has 0 spiro atoms. The average Bonchev–Trinajstić information content (AvgIpc) is 3.36. The van der Waals surface area contributed by atoms with Crippen molar-refractivity contribution in [3.8, 4) is 0 Å².